The number of hydrogen-bond acceptors (Lipinski definition) is 5. The van der Waals surface area contributed by atoms with Crippen molar-refractivity contribution in [2.45, 2.75) is 12.1 Å². The van der Waals surface area contributed by atoms with Crippen LogP contribution < -0.4 is 5.32 Å². The predicted octanol–water partition coefficient (Wildman–Crippen LogP) is 2.09. The minimum Gasteiger partial charge on any atom is -0.325 e. The maximum atomic E-state index is 4.23. The van der Waals surface area contributed by atoms with Crippen molar-refractivity contribution in [2.24, 2.45) is 4.99 Å². The Morgan fingerprint density at radius 3 is 2.86 bits per heavy atom. The van der Waals surface area contributed by atoms with E-state index in [2.05, 4.69) is 33.6 Å². The van der Waals surface area contributed by atoms with Gasteiger partial charge in [0.05, 0.1) is 0 Å². The monoisotopic (exact) mass is 208 g/mol. The van der Waals surface area contributed by atoms with Gasteiger partial charge in [0.15, 0.2) is 5.16 Å². The number of nitrogens with one attached hydrogen (secondary N) is 1. The smallest absolute Gasteiger partial charge is 0.189 e. The standard InChI is InChI=1S/C9H12N4S/c1-6-5-8(12-7(2)10-3)13-9(11-6)14-4/h5H,2-3H2,1,4H3,(H,11,12,13). The van der Waals surface area contributed by atoms with Crippen LogP contribution in [0, 0.1) is 6.92 Å². The maximum absolute atomic E-state index is 4.23. The Kier molecular flexibility index (Phi) is 3.64. The Hall–Kier alpha value is -1.36. The lowest BCUT2D eigenvalue weighted by Crippen LogP contribution is -2.00. The number of anilines is 1. The first kappa shape index (κ1) is 10.7. The molecule has 0 spiro atoms. The highest BCUT2D eigenvalue weighted by atomic mass is 32.2. The van der Waals surface area contributed by atoms with E-state index >= 15 is 0 Å². The zero-order valence-electron chi connectivity index (χ0n) is 8.24. The molecule has 1 aromatic heterocycles. The maximum Gasteiger partial charge on any atom is 0.189 e. The molecule has 1 rings (SSSR count). The van der Waals surface area contributed by atoms with E-state index < -0.39 is 0 Å². The molecule has 0 fully saturated rings. The van der Waals surface area contributed by atoms with Crippen LogP contribution in [0.15, 0.2) is 28.6 Å². The Balaban J connectivity index is 2.91. The van der Waals surface area contributed by atoms with Crippen molar-refractivity contribution in [3.8, 4) is 0 Å². The number of aliphatic imine (C=N–C) groups is 1. The Morgan fingerprint density at radius 1 is 1.57 bits per heavy atom. The van der Waals surface area contributed by atoms with E-state index in [9.17, 15) is 0 Å². The summed E-state index contributed by atoms with van der Waals surface area (Å²) >= 11 is 1.49. The number of aryl methyl sites for hydroxylation is 1. The van der Waals surface area contributed by atoms with Crippen molar-refractivity contribution < 1.29 is 0 Å². The molecule has 5 heteroatoms. The second-order valence-corrected chi connectivity index (χ2v) is 3.38. The Bertz CT molecular complexity index is 362. The first-order chi connectivity index (χ1) is 6.65. The van der Waals surface area contributed by atoms with Crippen LogP contribution in [0.2, 0.25) is 0 Å². The third-order valence-corrected chi connectivity index (χ3v) is 2.03. The lowest BCUT2D eigenvalue weighted by atomic mass is 10.4. The molecule has 0 radical (unpaired) electrons. The molecule has 0 unspecified atom stereocenters. The number of nitrogens with zero attached hydrogens (tertiary/aromatic N) is 3. The topological polar surface area (TPSA) is 50.2 Å². The lowest BCUT2D eigenvalue weighted by molar-refractivity contribution is 0.937. The van der Waals surface area contributed by atoms with Gasteiger partial charge < -0.3 is 5.32 Å². The third-order valence-electron chi connectivity index (χ3n) is 1.48. The predicted molar refractivity (Wildman–Crippen MR) is 60.9 cm³/mol. The van der Waals surface area contributed by atoms with E-state index in [1.807, 2.05) is 19.2 Å². The SMILES string of the molecule is C=NC(=C)Nc1cc(C)nc(SC)n1. The summed E-state index contributed by atoms with van der Waals surface area (Å²) in [6.07, 6.45) is 1.93. The van der Waals surface area contributed by atoms with Gasteiger partial charge in [0, 0.05) is 11.8 Å². The highest BCUT2D eigenvalue weighted by molar-refractivity contribution is 7.98. The largest absolute Gasteiger partial charge is 0.325 e. The minimum absolute atomic E-state index is 0.482. The number of aromatic nitrogens is 2. The van der Waals surface area contributed by atoms with Gasteiger partial charge >= 0.3 is 0 Å². The molecular weight excluding hydrogens is 196 g/mol. The van der Waals surface area contributed by atoms with E-state index in [-0.39, 0.29) is 0 Å². The van der Waals surface area contributed by atoms with Gasteiger partial charge in [0.2, 0.25) is 0 Å². The van der Waals surface area contributed by atoms with Gasteiger partial charge in [0.25, 0.3) is 0 Å². The van der Waals surface area contributed by atoms with Gasteiger partial charge in [-0.3, -0.25) is 0 Å². The summed E-state index contributed by atoms with van der Waals surface area (Å²) in [5.41, 5.74) is 0.906. The van der Waals surface area contributed by atoms with Gasteiger partial charge in [-0.2, -0.15) is 0 Å². The van der Waals surface area contributed by atoms with Crippen molar-refractivity contribution in [3.05, 3.63) is 24.2 Å². The van der Waals surface area contributed by atoms with Crippen LogP contribution in [0.4, 0.5) is 5.82 Å². The average Bonchev–Trinajstić information content (AvgIpc) is 2.16. The van der Waals surface area contributed by atoms with Crippen LogP contribution in [0.5, 0.6) is 0 Å². The van der Waals surface area contributed by atoms with Crippen molar-refractivity contribution in [1.29, 1.82) is 0 Å². The van der Waals surface area contributed by atoms with Gasteiger partial charge in [-0.05, 0) is 19.9 Å². The first-order valence-electron chi connectivity index (χ1n) is 3.98. The van der Waals surface area contributed by atoms with Crippen molar-refractivity contribution in [1.82, 2.24) is 9.97 Å². The van der Waals surface area contributed by atoms with Crippen molar-refractivity contribution in [3.63, 3.8) is 0 Å². The summed E-state index contributed by atoms with van der Waals surface area (Å²) in [6, 6.07) is 1.83. The molecular formula is C9H12N4S. The summed E-state index contributed by atoms with van der Waals surface area (Å²) in [7, 11) is 0. The molecule has 0 aromatic carbocycles. The molecule has 0 atom stereocenters. The molecule has 14 heavy (non-hydrogen) atoms. The van der Waals surface area contributed by atoms with E-state index in [0.717, 1.165) is 10.9 Å². The second-order valence-electron chi connectivity index (χ2n) is 2.61. The summed E-state index contributed by atoms with van der Waals surface area (Å²) in [4.78, 5) is 12.1. The number of rotatable bonds is 4. The van der Waals surface area contributed by atoms with E-state index in [0.29, 0.717) is 11.6 Å². The molecule has 1 N–H and O–H groups in total. The third kappa shape index (κ3) is 2.85. The lowest BCUT2D eigenvalue weighted by Gasteiger charge is -2.05. The summed E-state index contributed by atoms with van der Waals surface area (Å²) in [5, 5.41) is 3.65. The van der Waals surface area contributed by atoms with Crippen molar-refractivity contribution in [2.75, 3.05) is 11.6 Å². The van der Waals surface area contributed by atoms with E-state index in [4.69, 9.17) is 0 Å². The molecule has 0 saturated heterocycles. The second kappa shape index (κ2) is 4.76. The number of thioether (sulfide) groups is 1. The van der Waals surface area contributed by atoms with Crippen LogP contribution >= 0.6 is 11.8 Å². The molecule has 4 nitrogen and oxygen atoms in total. The zero-order valence-corrected chi connectivity index (χ0v) is 9.06. The molecule has 0 aliphatic rings. The van der Waals surface area contributed by atoms with Gasteiger partial charge in [-0.1, -0.05) is 18.3 Å². The molecule has 0 amide bonds. The van der Waals surface area contributed by atoms with E-state index in [1.165, 1.54) is 11.8 Å². The minimum atomic E-state index is 0.482. The van der Waals surface area contributed by atoms with Crippen molar-refractivity contribution >= 4 is 24.3 Å². The highest BCUT2D eigenvalue weighted by Crippen LogP contribution is 2.14. The molecule has 0 aliphatic carbocycles. The van der Waals surface area contributed by atoms with Gasteiger partial charge in [-0.15, -0.1) is 0 Å². The molecule has 0 aliphatic heterocycles. The normalized spacial score (nSPS) is 9.57. The van der Waals surface area contributed by atoms with Crippen LogP contribution in [0.3, 0.4) is 0 Å². The Morgan fingerprint density at radius 2 is 2.29 bits per heavy atom. The van der Waals surface area contributed by atoms with E-state index in [1.54, 1.807) is 0 Å². The first-order valence-corrected chi connectivity index (χ1v) is 5.20. The van der Waals surface area contributed by atoms with Crippen LogP contribution in [-0.2, 0) is 0 Å². The highest BCUT2D eigenvalue weighted by Gasteiger charge is 2.00. The molecule has 1 heterocycles. The fourth-order valence-electron chi connectivity index (χ4n) is 0.884. The quantitative estimate of drug-likeness (QED) is 0.467. The fourth-order valence-corrected chi connectivity index (χ4v) is 1.31. The summed E-state index contributed by atoms with van der Waals surface area (Å²) in [5.74, 6) is 1.18. The Labute approximate surface area is 87.6 Å². The molecule has 0 bridgehead atoms. The van der Waals surface area contributed by atoms with Crippen LogP contribution in [0.1, 0.15) is 5.69 Å². The number of hydrogen-bond donors (Lipinski definition) is 1. The summed E-state index contributed by atoms with van der Waals surface area (Å²) in [6.45, 7) is 8.92. The van der Waals surface area contributed by atoms with Crippen LogP contribution in [0.25, 0.3) is 0 Å². The van der Waals surface area contributed by atoms with Gasteiger partial charge in [-0.25, -0.2) is 15.0 Å². The molecule has 1 aromatic rings. The zero-order chi connectivity index (χ0) is 10.6. The fraction of sp³-hybridized carbons (Fsp3) is 0.222. The summed E-state index contributed by atoms with van der Waals surface area (Å²) < 4.78 is 0. The van der Waals surface area contributed by atoms with Crippen LogP contribution in [-0.4, -0.2) is 22.9 Å². The average molecular weight is 208 g/mol. The molecule has 74 valence electrons. The molecule has 0 saturated carbocycles. The van der Waals surface area contributed by atoms with Gasteiger partial charge in [0.1, 0.15) is 11.6 Å².